The Balaban J connectivity index is 1.17. The quantitative estimate of drug-likeness (QED) is 0.301. The van der Waals surface area contributed by atoms with Gasteiger partial charge in [0.1, 0.15) is 5.82 Å². The number of hydrogen-bond donors (Lipinski definition) is 2. The van der Waals surface area contributed by atoms with Gasteiger partial charge in [-0.3, -0.25) is 9.59 Å². The molecule has 8 rings (SSSR count). The number of imidazole rings is 1. The third kappa shape index (κ3) is 3.72. The first kappa shape index (κ1) is 23.7. The minimum Gasteiger partial charge on any atom is -0.340 e. The summed E-state index contributed by atoms with van der Waals surface area (Å²) >= 11 is 12.4. The van der Waals surface area contributed by atoms with Crippen molar-refractivity contribution in [2.24, 2.45) is 5.92 Å². The minimum absolute atomic E-state index is 0.0472. The van der Waals surface area contributed by atoms with E-state index in [0.717, 1.165) is 57.3 Å². The van der Waals surface area contributed by atoms with Crippen LogP contribution in [0, 0.1) is 5.92 Å². The first-order valence-corrected chi connectivity index (χ1v) is 13.8. The second-order valence-electron chi connectivity index (χ2n) is 10.6. The molecule has 1 amide bonds. The number of anilines is 1. The van der Waals surface area contributed by atoms with Crippen molar-refractivity contribution < 1.29 is 4.79 Å². The lowest BCUT2D eigenvalue weighted by atomic mass is 9.99. The summed E-state index contributed by atoms with van der Waals surface area (Å²) in [6.45, 7) is 0. The van der Waals surface area contributed by atoms with Crippen LogP contribution >= 0.6 is 23.2 Å². The molecule has 2 aromatic carbocycles. The Morgan fingerprint density at radius 2 is 1.88 bits per heavy atom. The highest BCUT2D eigenvalue weighted by Crippen LogP contribution is 2.60. The van der Waals surface area contributed by atoms with E-state index in [1.54, 1.807) is 23.0 Å². The van der Waals surface area contributed by atoms with Crippen molar-refractivity contribution in [2.75, 3.05) is 5.32 Å². The number of amides is 1. The van der Waals surface area contributed by atoms with E-state index in [4.69, 9.17) is 28.2 Å². The molecular formula is C29H21Cl2N7O2. The van der Waals surface area contributed by atoms with Crippen LogP contribution in [-0.2, 0) is 11.2 Å². The van der Waals surface area contributed by atoms with Crippen LogP contribution in [-0.4, -0.2) is 35.4 Å². The molecule has 2 N–H and O–H groups in total. The molecule has 0 spiro atoms. The number of aromatic nitrogens is 6. The number of nitrogens with one attached hydrogen (secondary N) is 2. The van der Waals surface area contributed by atoms with Crippen molar-refractivity contribution in [2.45, 2.75) is 31.2 Å². The van der Waals surface area contributed by atoms with Gasteiger partial charge in [0.2, 0.25) is 5.91 Å². The molecule has 3 atom stereocenters. The molecule has 3 aliphatic rings. The van der Waals surface area contributed by atoms with Crippen LogP contribution in [0.15, 0.2) is 65.7 Å². The van der Waals surface area contributed by atoms with E-state index < -0.39 is 0 Å². The van der Waals surface area contributed by atoms with Crippen LogP contribution < -0.4 is 10.9 Å². The predicted octanol–water partition coefficient (Wildman–Crippen LogP) is 5.38. The van der Waals surface area contributed by atoms with Crippen molar-refractivity contribution in [3.8, 4) is 28.1 Å². The third-order valence-corrected chi connectivity index (χ3v) is 8.58. The average molecular weight is 570 g/mol. The second-order valence-corrected chi connectivity index (χ2v) is 11.4. The summed E-state index contributed by atoms with van der Waals surface area (Å²) < 4.78 is 3.46. The smallest absolute Gasteiger partial charge is 0.252 e. The largest absolute Gasteiger partial charge is 0.340 e. The minimum atomic E-state index is -0.153. The lowest BCUT2D eigenvalue weighted by Gasteiger charge is -2.18. The number of aryl methyl sites for hydroxylation is 1. The number of nitrogens with zero attached hydrogens (tertiary/aromatic N) is 5. The standard InChI is InChI=1S/C29H21Cl2N7O2/c30-17-3-5-23(37-13-25(31)35-36-37)18(10-17)16-8-24-19-11-20(19)28(38(24)27(40)9-16)29-32-12-22(34-29)15-1-4-21-14(7-15)2-6-26(39)33-21/h1,3-5,7-10,12-13,19-20,28H,2,6,11H2,(H,32,34)(H,33,39). The fraction of sp³-hybridized carbons (Fsp3) is 0.207. The number of carbonyl (C=O) groups is 1. The third-order valence-electron chi connectivity index (χ3n) is 8.17. The predicted molar refractivity (Wildman–Crippen MR) is 151 cm³/mol. The molecule has 40 heavy (non-hydrogen) atoms. The summed E-state index contributed by atoms with van der Waals surface area (Å²) in [6, 6.07) is 15.0. The molecule has 1 aliphatic carbocycles. The maximum absolute atomic E-state index is 13.7. The molecule has 3 unspecified atom stereocenters. The Bertz CT molecular complexity index is 1920. The van der Waals surface area contributed by atoms with Gasteiger partial charge in [0.15, 0.2) is 5.15 Å². The van der Waals surface area contributed by atoms with Crippen molar-refractivity contribution in [3.05, 3.63) is 98.5 Å². The van der Waals surface area contributed by atoms with Gasteiger partial charge in [0.05, 0.1) is 29.8 Å². The average Bonchev–Trinajstić information content (AvgIpc) is 3.23. The van der Waals surface area contributed by atoms with Crippen molar-refractivity contribution >= 4 is 34.8 Å². The van der Waals surface area contributed by atoms with E-state index in [-0.39, 0.29) is 22.7 Å². The molecule has 0 bridgehead atoms. The van der Waals surface area contributed by atoms with Crippen LogP contribution in [0.4, 0.5) is 5.69 Å². The van der Waals surface area contributed by atoms with Gasteiger partial charge in [-0.2, -0.15) is 0 Å². The second kappa shape index (κ2) is 8.64. The fourth-order valence-corrected chi connectivity index (χ4v) is 6.54. The van der Waals surface area contributed by atoms with Gasteiger partial charge in [0, 0.05) is 40.4 Å². The first-order chi connectivity index (χ1) is 19.4. The van der Waals surface area contributed by atoms with Crippen LogP contribution in [0.5, 0.6) is 0 Å². The molecule has 198 valence electrons. The Kier molecular flexibility index (Phi) is 5.11. The van der Waals surface area contributed by atoms with E-state index in [1.165, 1.54) is 0 Å². The molecule has 5 aromatic rings. The maximum atomic E-state index is 13.7. The van der Waals surface area contributed by atoms with Gasteiger partial charge in [-0.15, -0.1) is 5.10 Å². The highest BCUT2D eigenvalue weighted by Gasteiger charge is 2.54. The zero-order valence-electron chi connectivity index (χ0n) is 20.9. The van der Waals surface area contributed by atoms with E-state index in [9.17, 15) is 9.59 Å². The van der Waals surface area contributed by atoms with E-state index in [2.05, 4.69) is 32.7 Å². The lowest BCUT2D eigenvalue weighted by molar-refractivity contribution is -0.116. The molecule has 1 saturated carbocycles. The molecule has 11 heteroatoms. The Hall–Kier alpha value is -4.21. The summed E-state index contributed by atoms with van der Waals surface area (Å²) in [7, 11) is 0. The number of benzene rings is 2. The lowest BCUT2D eigenvalue weighted by Crippen LogP contribution is -2.26. The number of H-pyrrole nitrogens is 1. The molecule has 0 radical (unpaired) electrons. The SMILES string of the molecule is O=C1CCc2cc(-c3cnc(C4C5CC5c5cc(-c6cc(Cl)ccc6-n6cc(Cl)nn6)cc(=O)n54)[nH]3)ccc2N1. The fourth-order valence-electron chi connectivity index (χ4n) is 6.24. The van der Waals surface area contributed by atoms with Crippen LogP contribution in [0.25, 0.3) is 28.1 Å². The summed E-state index contributed by atoms with van der Waals surface area (Å²) in [5.41, 5.74) is 7.06. The van der Waals surface area contributed by atoms with E-state index in [0.29, 0.717) is 29.7 Å². The summed E-state index contributed by atoms with van der Waals surface area (Å²) in [4.78, 5) is 33.6. The maximum Gasteiger partial charge on any atom is 0.252 e. The summed E-state index contributed by atoms with van der Waals surface area (Å²) in [5, 5.41) is 11.8. The van der Waals surface area contributed by atoms with Crippen LogP contribution in [0.2, 0.25) is 10.2 Å². The number of aromatic amines is 1. The number of pyridine rings is 1. The monoisotopic (exact) mass is 569 g/mol. The Morgan fingerprint density at radius 1 is 0.975 bits per heavy atom. The zero-order valence-corrected chi connectivity index (χ0v) is 22.4. The summed E-state index contributed by atoms with van der Waals surface area (Å²) in [5.74, 6) is 1.43. The molecule has 9 nitrogen and oxygen atoms in total. The van der Waals surface area contributed by atoms with Crippen molar-refractivity contribution in [3.63, 3.8) is 0 Å². The van der Waals surface area contributed by atoms with Crippen LogP contribution in [0.3, 0.4) is 0 Å². The highest BCUT2D eigenvalue weighted by molar-refractivity contribution is 6.31. The number of fused-ring (bicyclic) bond motifs is 4. The van der Waals surface area contributed by atoms with Gasteiger partial charge in [-0.1, -0.05) is 34.5 Å². The Morgan fingerprint density at radius 3 is 2.73 bits per heavy atom. The van der Waals surface area contributed by atoms with Crippen LogP contribution in [0.1, 0.15) is 41.9 Å². The van der Waals surface area contributed by atoms with E-state index in [1.807, 2.05) is 35.0 Å². The highest BCUT2D eigenvalue weighted by atomic mass is 35.5. The number of halogens is 2. The zero-order chi connectivity index (χ0) is 27.1. The molecule has 2 aliphatic heterocycles. The number of carbonyl (C=O) groups excluding carboxylic acids is 1. The molecular weight excluding hydrogens is 549 g/mol. The molecule has 1 fully saturated rings. The molecule has 0 saturated heterocycles. The number of rotatable bonds is 4. The van der Waals surface area contributed by atoms with Crippen molar-refractivity contribution in [1.29, 1.82) is 0 Å². The molecule has 5 heterocycles. The van der Waals surface area contributed by atoms with Gasteiger partial charge in [-0.05, 0) is 71.8 Å². The first-order valence-electron chi connectivity index (χ1n) is 13.1. The number of hydrogen-bond acceptors (Lipinski definition) is 5. The molecule has 3 aromatic heterocycles. The van der Waals surface area contributed by atoms with Gasteiger partial charge in [0.25, 0.3) is 5.56 Å². The van der Waals surface area contributed by atoms with Gasteiger partial charge >= 0.3 is 0 Å². The topological polar surface area (TPSA) is 110 Å². The Labute approximate surface area is 237 Å². The normalized spacial score (nSPS) is 20.6. The van der Waals surface area contributed by atoms with Gasteiger partial charge in [-0.25, -0.2) is 9.67 Å². The summed E-state index contributed by atoms with van der Waals surface area (Å²) in [6.07, 6.45) is 5.65. The van der Waals surface area contributed by atoms with Crippen molar-refractivity contribution in [1.82, 2.24) is 29.5 Å². The van der Waals surface area contributed by atoms with Gasteiger partial charge < -0.3 is 14.9 Å². The van der Waals surface area contributed by atoms with E-state index >= 15 is 0 Å².